The Kier molecular flexibility index (Phi) is 5.83. The minimum absolute atomic E-state index is 0.324. The quantitative estimate of drug-likeness (QED) is 0.605. The fourth-order valence-electron chi connectivity index (χ4n) is 2.13. The van der Waals surface area contributed by atoms with Gasteiger partial charge in [0.05, 0.1) is 11.9 Å². The molecule has 10 heteroatoms. The molecule has 0 aliphatic carbocycles. The van der Waals surface area contributed by atoms with Crippen LogP contribution in [0.1, 0.15) is 11.1 Å². The summed E-state index contributed by atoms with van der Waals surface area (Å²) in [6.45, 7) is 3.43. The van der Waals surface area contributed by atoms with Gasteiger partial charge in [-0.3, -0.25) is 14.4 Å². The monoisotopic (exact) mass is 386 g/mol. The van der Waals surface area contributed by atoms with Crippen molar-refractivity contribution in [1.29, 1.82) is 0 Å². The van der Waals surface area contributed by atoms with Crippen LogP contribution in [-0.4, -0.2) is 43.6 Å². The Morgan fingerprint density at radius 2 is 1.88 bits per heavy atom. The predicted molar refractivity (Wildman–Crippen MR) is 98.4 cm³/mol. The van der Waals surface area contributed by atoms with E-state index in [9.17, 15) is 13.2 Å². The summed E-state index contributed by atoms with van der Waals surface area (Å²) in [5.41, 5.74) is 2.31. The van der Waals surface area contributed by atoms with Gasteiger partial charge in [0.25, 0.3) is 0 Å². The number of thioether (sulfide) groups is 1. The Hall–Kier alpha value is -1.65. The molecule has 0 spiro atoms. The highest BCUT2D eigenvalue weighted by Crippen LogP contribution is 2.24. The number of hydrogen-bond donors (Lipinski definition) is 1. The van der Waals surface area contributed by atoms with Crippen molar-refractivity contribution < 1.29 is 13.2 Å². The Labute approximate surface area is 149 Å². The number of sulfonamides is 1. The molecule has 1 amide bonds. The summed E-state index contributed by atoms with van der Waals surface area (Å²) in [6, 6.07) is 5.41. The number of aromatic nitrogens is 2. The van der Waals surface area contributed by atoms with Gasteiger partial charge in [0.15, 0.2) is 4.34 Å². The van der Waals surface area contributed by atoms with Gasteiger partial charge in [0.2, 0.25) is 21.1 Å². The van der Waals surface area contributed by atoms with Gasteiger partial charge < -0.3 is 0 Å². The standard InChI is InChI=1S/C14H18N4O3S3/c1-9-5-10(2)7-11(6-9)18(24(4,20)21)8-12(19)15-13-16-17-14(22-3)23-13/h5-7H,8H2,1-4H3,(H,15,16,19). The van der Waals surface area contributed by atoms with Crippen LogP contribution in [0.25, 0.3) is 0 Å². The molecule has 0 radical (unpaired) electrons. The van der Waals surface area contributed by atoms with Gasteiger partial charge in [-0.15, -0.1) is 10.2 Å². The van der Waals surface area contributed by atoms with Crippen molar-refractivity contribution in [2.24, 2.45) is 0 Å². The molecule has 0 saturated carbocycles. The number of benzene rings is 1. The smallest absolute Gasteiger partial charge is 0.246 e. The predicted octanol–water partition coefficient (Wildman–Crippen LogP) is 2.28. The van der Waals surface area contributed by atoms with E-state index in [0.29, 0.717) is 10.8 Å². The van der Waals surface area contributed by atoms with E-state index >= 15 is 0 Å². The number of amides is 1. The van der Waals surface area contributed by atoms with Gasteiger partial charge >= 0.3 is 0 Å². The summed E-state index contributed by atoms with van der Waals surface area (Å²) in [4.78, 5) is 12.2. The second-order valence-electron chi connectivity index (χ2n) is 5.24. The Morgan fingerprint density at radius 1 is 1.25 bits per heavy atom. The first kappa shape index (κ1) is 18.7. The molecule has 1 heterocycles. The fraction of sp³-hybridized carbons (Fsp3) is 0.357. The maximum atomic E-state index is 12.2. The van der Waals surface area contributed by atoms with Crippen molar-refractivity contribution in [3.63, 3.8) is 0 Å². The van der Waals surface area contributed by atoms with Crippen LogP contribution in [-0.2, 0) is 14.8 Å². The van der Waals surface area contributed by atoms with Crippen LogP contribution in [0.3, 0.4) is 0 Å². The molecule has 0 atom stereocenters. The summed E-state index contributed by atoms with van der Waals surface area (Å²) in [5.74, 6) is -0.469. The third-order valence-electron chi connectivity index (χ3n) is 3.01. The number of rotatable bonds is 6. The maximum absolute atomic E-state index is 12.2. The highest BCUT2D eigenvalue weighted by Gasteiger charge is 2.22. The van der Waals surface area contributed by atoms with Gasteiger partial charge in [0.1, 0.15) is 6.54 Å². The number of hydrogen-bond acceptors (Lipinski definition) is 7. The Balaban J connectivity index is 2.21. The largest absolute Gasteiger partial charge is 0.299 e. The normalized spacial score (nSPS) is 11.3. The summed E-state index contributed by atoms with van der Waals surface area (Å²) in [5, 5.41) is 10.7. The molecule has 1 N–H and O–H groups in total. The maximum Gasteiger partial charge on any atom is 0.246 e. The summed E-state index contributed by atoms with van der Waals surface area (Å²) >= 11 is 2.66. The zero-order valence-electron chi connectivity index (χ0n) is 13.7. The number of aryl methyl sites for hydroxylation is 2. The number of carbonyl (C=O) groups excluding carboxylic acids is 1. The topological polar surface area (TPSA) is 92.3 Å². The van der Waals surface area contributed by atoms with E-state index in [1.54, 1.807) is 12.1 Å². The molecule has 0 unspecified atom stereocenters. The first-order valence-electron chi connectivity index (χ1n) is 6.92. The molecule has 0 aliphatic rings. The molecule has 1 aromatic carbocycles. The van der Waals surface area contributed by atoms with E-state index < -0.39 is 15.9 Å². The van der Waals surface area contributed by atoms with E-state index in [1.165, 1.54) is 23.1 Å². The number of anilines is 2. The molecule has 2 rings (SSSR count). The highest BCUT2D eigenvalue weighted by atomic mass is 32.2. The lowest BCUT2D eigenvalue weighted by molar-refractivity contribution is -0.114. The van der Waals surface area contributed by atoms with Crippen molar-refractivity contribution in [2.45, 2.75) is 18.2 Å². The van der Waals surface area contributed by atoms with E-state index in [-0.39, 0.29) is 6.54 Å². The molecule has 2 aromatic rings. The van der Waals surface area contributed by atoms with Crippen molar-refractivity contribution in [3.05, 3.63) is 29.3 Å². The molecular weight excluding hydrogens is 368 g/mol. The van der Waals surface area contributed by atoms with Crippen LogP contribution in [0, 0.1) is 13.8 Å². The van der Waals surface area contributed by atoms with Gasteiger partial charge in [-0.05, 0) is 43.4 Å². The zero-order valence-corrected chi connectivity index (χ0v) is 16.2. The summed E-state index contributed by atoms with van der Waals surface area (Å²) in [7, 11) is -3.60. The molecule has 0 saturated heterocycles. The average Bonchev–Trinajstić information content (AvgIpc) is 2.90. The Morgan fingerprint density at radius 3 is 2.38 bits per heavy atom. The van der Waals surface area contributed by atoms with Crippen molar-refractivity contribution in [3.8, 4) is 0 Å². The van der Waals surface area contributed by atoms with Gasteiger partial charge in [-0.1, -0.05) is 29.2 Å². The second kappa shape index (κ2) is 7.49. The molecule has 0 bridgehead atoms. The van der Waals surface area contributed by atoms with E-state index in [0.717, 1.165) is 26.0 Å². The highest BCUT2D eigenvalue weighted by molar-refractivity contribution is 8.00. The Bertz CT molecular complexity index is 828. The van der Waals surface area contributed by atoms with Crippen molar-refractivity contribution in [1.82, 2.24) is 10.2 Å². The molecule has 24 heavy (non-hydrogen) atoms. The fourth-order valence-corrected chi connectivity index (χ4v) is 4.15. The van der Waals surface area contributed by atoms with Crippen LogP contribution in [0.2, 0.25) is 0 Å². The summed E-state index contributed by atoms with van der Waals surface area (Å²) in [6.07, 6.45) is 2.94. The SMILES string of the molecule is CSc1nnc(NC(=O)CN(c2cc(C)cc(C)c2)S(C)(=O)=O)s1. The minimum Gasteiger partial charge on any atom is -0.299 e. The van der Waals surface area contributed by atoms with Crippen LogP contribution in [0.15, 0.2) is 22.5 Å². The molecule has 130 valence electrons. The molecule has 0 fully saturated rings. The molecule has 7 nitrogen and oxygen atoms in total. The first-order chi connectivity index (χ1) is 11.2. The lowest BCUT2D eigenvalue weighted by atomic mass is 10.1. The molecular formula is C14H18N4O3S3. The second-order valence-corrected chi connectivity index (χ2v) is 9.18. The van der Waals surface area contributed by atoms with Crippen molar-refractivity contribution >= 4 is 49.8 Å². The number of nitrogens with zero attached hydrogens (tertiary/aromatic N) is 3. The van der Waals surface area contributed by atoms with Crippen LogP contribution in [0.5, 0.6) is 0 Å². The average molecular weight is 387 g/mol. The number of nitrogens with one attached hydrogen (secondary N) is 1. The van der Waals surface area contributed by atoms with Crippen molar-refractivity contribution in [2.75, 3.05) is 28.7 Å². The zero-order chi connectivity index (χ0) is 17.9. The lowest BCUT2D eigenvalue weighted by Crippen LogP contribution is -2.37. The molecule has 0 aliphatic heterocycles. The third-order valence-corrected chi connectivity index (χ3v) is 5.96. The first-order valence-corrected chi connectivity index (χ1v) is 10.8. The van der Waals surface area contributed by atoms with E-state index in [4.69, 9.17) is 0 Å². The number of carbonyl (C=O) groups is 1. The van der Waals surface area contributed by atoms with Gasteiger partial charge in [-0.2, -0.15) is 0 Å². The third kappa shape index (κ3) is 4.92. The lowest BCUT2D eigenvalue weighted by Gasteiger charge is -2.22. The van der Waals surface area contributed by atoms with E-state index in [1.807, 2.05) is 26.2 Å². The molecule has 1 aromatic heterocycles. The summed E-state index contributed by atoms with van der Waals surface area (Å²) < 4.78 is 26.0. The minimum atomic E-state index is -3.60. The van der Waals surface area contributed by atoms with Gasteiger partial charge in [0, 0.05) is 0 Å². The van der Waals surface area contributed by atoms with Crippen LogP contribution < -0.4 is 9.62 Å². The van der Waals surface area contributed by atoms with E-state index in [2.05, 4.69) is 15.5 Å². The van der Waals surface area contributed by atoms with Crippen LogP contribution in [0.4, 0.5) is 10.8 Å². The van der Waals surface area contributed by atoms with Crippen LogP contribution >= 0.6 is 23.1 Å². The van der Waals surface area contributed by atoms with Gasteiger partial charge in [-0.25, -0.2) is 8.42 Å².